The fraction of sp³-hybridized carbons (Fsp3) is 0.500. The number of nitrogens with one attached hydrogen (secondary N) is 2. The summed E-state index contributed by atoms with van der Waals surface area (Å²) in [6, 6.07) is 4.90. The number of aromatic nitrogens is 1. The van der Waals surface area contributed by atoms with Crippen LogP contribution in [0.1, 0.15) is 41.7 Å². The fourth-order valence-corrected chi connectivity index (χ4v) is 3.32. The van der Waals surface area contributed by atoms with Crippen molar-refractivity contribution in [2.45, 2.75) is 32.6 Å². The second kappa shape index (κ2) is 7.13. The van der Waals surface area contributed by atoms with Crippen LogP contribution in [0.15, 0.2) is 18.2 Å². The van der Waals surface area contributed by atoms with Gasteiger partial charge in [-0.05, 0) is 44.5 Å². The van der Waals surface area contributed by atoms with Crippen LogP contribution in [0.25, 0.3) is 10.9 Å². The molecule has 1 aliphatic heterocycles. The number of halogens is 1. The van der Waals surface area contributed by atoms with E-state index in [-0.39, 0.29) is 11.7 Å². The molecule has 0 unspecified atom stereocenters. The van der Waals surface area contributed by atoms with E-state index in [1.807, 2.05) is 13.0 Å². The van der Waals surface area contributed by atoms with E-state index in [0.29, 0.717) is 17.8 Å². The van der Waals surface area contributed by atoms with Gasteiger partial charge in [0.25, 0.3) is 5.91 Å². The van der Waals surface area contributed by atoms with Crippen LogP contribution in [0.4, 0.5) is 4.39 Å². The molecule has 0 spiro atoms. The van der Waals surface area contributed by atoms with E-state index in [1.54, 1.807) is 6.07 Å². The number of hydrogen-bond donors (Lipinski definition) is 2. The van der Waals surface area contributed by atoms with Crippen molar-refractivity contribution in [1.29, 1.82) is 0 Å². The van der Waals surface area contributed by atoms with E-state index < -0.39 is 0 Å². The van der Waals surface area contributed by atoms with E-state index in [1.165, 1.54) is 31.7 Å². The van der Waals surface area contributed by atoms with Gasteiger partial charge in [-0.2, -0.15) is 0 Å². The molecule has 5 heteroatoms. The third-order valence-electron chi connectivity index (χ3n) is 4.68. The molecule has 3 rings (SSSR count). The van der Waals surface area contributed by atoms with Gasteiger partial charge in [-0.1, -0.05) is 25.0 Å². The van der Waals surface area contributed by atoms with Crippen molar-refractivity contribution < 1.29 is 9.18 Å². The molecule has 1 amide bonds. The number of nitrogens with zero attached hydrogens (tertiary/aromatic N) is 1. The lowest BCUT2D eigenvalue weighted by Crippen LogP contribution is -2.35. The van der Waals surface area contributed by atoms with E-state index in [9.17, 15) is 9.18 Å². The third-order valence-corrected chi connectivity index (χ3v) is 4.68. The summed E-state index contributed by atoms with van der Waals surface area (Å²) >= 11 is 0. The number of H-pyrrole nitrogens is 1. The van der Waals surface area contributed by atoms with Gasteiger partial charge in [-0.3, -0.25) is 4.79 Å². The fourth-order valence-electron chi connectivity index (χ4n) is 3.32. The Morgan fingerprint density at radius 1 is 1.26 bits per heavy atom. The van der Waals surface area contributed by atoms with Gasteiger partial charge in [0, 0.05) is 18.5 Å². The number of amides is 1. The first-order valence-electron chi connectivity index (χ1n) is 8.44. The van der Waals surface area contributed by atoms with Gasteiger partial charge < -0.3 is 15.2 Å². The molecular formula is C18H24FN3O. The SMILES string of the molecule is Cc1c(C(=O)NCCN2CCCCCC2)[nH]c2c(F)cccc12. The molecule has 124 valence electrons. The Hall–Kier alpha value is -1.88. The number of rotatable bonds is 4. The first-order valence-corrected chi connectivity index (χ1v) is 8.44. The van der Waals surface area contributed by atoms with Gasteiger partial charge in [0.2, 0.25) is 0 Å². The standard InChI is InChI=1S/C18H24FN3O/c1-13-14-7-6-8-15(19)17(14)21-16(13)18(23)20-9-12-22-10-4-2-3-5-11-22/h6-8,21H,2-5,9-12H2,1H3,(H,20,23). The van der Waals surface area contributed by atoms with Gasteiger partial charge in [0.15, 0.2) is 0 Å². The maximum atomic E-state index is 13.8. The Morgan fingerprint density at radius 2 is 2.00 bits per heavy atom. The first-order chi connectivity index (χ1) is 11.2. The first kappa shape index (κ1) is 16.0. The average molecular weight is 317 g/mol. The summed E-state index contributed by atoms with van der Waals surface area (Å²) in [6.45, 7) is 5.58. The molecule has 1 aromatic carbocycles. The van der Waals surface area contributed by atoms with Crippen LogP contribution in [0, 0.1) is 12.7 Å². The van der Waals surface area contributed by atoms with Crippen LogP contribution in [-0.2, 0) is 0 Å². The van der Waals surface area contributed by atoms with E-state index in [2.05, 4.69) is 15.2 Å². The van der Waals surface area contributed by atoms with Crippen LogP contribution >= 0.6 is 0 Å². The lowest BCUT2D eigenvalue weighted by Gasteiger charge is -2.19. The van der Waals surface area contributed by atoms with Gasteiger partial charge >= 0.3 is 0 Å². The zero-order chi connectivity index (χ0) is 16.2. The molecule has 0 saturated carbocycles. The van der Waals surface area contributed by atoms with Crippen molar-refractivity contribution in [1.82, 2.24) is 15.2 Å². The monoisotopic (exact) mass is 317 g/mol. The molecule has 0 radical (unpaired) electrons. The second-order valence-electron chi connectivity index (χ2n) is 6.30. The Morgan fingerprint density at radius 3 is 2.70 bits per heavy atom. The Kier molecular flexibility index (Phi) is 4.96. The summed E-state index contributed by atoms with van der Waals surface area (Å²) in [5.74, 6) is -0.484. The zero-order valence-electron chi connectivity index (χ0n) is 13.6. The Bertz CT molecular complexity index is 687. The molecule has 1 aliphatic rings. The largest absolute Gasteiger partial charge is 0.349 e. The van der Waals surface area contributed by atoms with Crippen LogP contribution in [0.5, 0.6) is 0 Å². The minimum Gasteiger partial charge on any atom is -0.349 e. The van der Waals surface area contributed by atoms with Gasteiger partial charge in [-0.15, -0.1) is 0 Å². The lowest BCUT2D eigenvalue weighted by atomic mass is 10.1. The molecular weight excluding hydrogens is 293 g/mol. The number of likely N-dealkylation sites (tertiary alicyclic amines) is 1. The van der Waals surface area contributed by atoms with Crippen LogP contribution in [-0.4, -0.2) is 42.0 Å². The quantitative estimate of drug-likeness (QED) is 0.909. The number of fused-ring (bicyclic) bond motifs is 1. The van der Waals surface area contributed by atoms with Crippen molar-refractivity contribution in [3.05, 3.63) is 35.3 Å². The summed E-state index contributed by atoms with van der Waals surface area (Å²) in [4.78, 5) is 17.7. The molecule has 0 aliphatic carbocycles. The average Bonchev–Trinajstić information content (AvgIpc) is 2.73. The molecule has 2 heterocycles. The normalized spacial score (nSPS) is 16.4. The highest BCUT2D eigenvalue weighted by molar-refractivity contribution is 6.00. The number of carbonyl (C=O) groups excluding carboxylic acids is 1. The van der Waals surface area contributed by atoms with Crippen LogP contribution in [0.3, 0.4) is 0 Å². The predicted octanol–water partition coefficient (Wildman–Crippen LogP) is 3.22. The van der Waals surface area contributed by atoms with Crippen LogP contribution < -0.4 is 5.32 Å². The maximum Gasteiger partial charge on any atom is 0.268 e. The van der Waals surface area contributed by atoms with Crippen molar-refractivity contribution in [2.24, 2.45) is 0 Å². The predicted molar refractivity (Wildman–Crippen MR) is 90.2 cm³/mol. The molecule has 4 nitrogen and oxygen atoms in total. The number of carbonyl (C=O) groups is 1. The van der Waals surface area contributed by atoms with Gasteiger partial charge in [0.1, 0.15) is 11.5 Å². The number of aryl methyl sites for hydroxylation is 1. The summed E-state index contributed by atoms with van der Waals surface area (Å²) in [5, 5.41) is 3.72. The smallest absolute Gasteiger partial charge is 0.268 e. The summed E-state index contributed by atoms with van der Waals surface area (Å²) in [6.07, 6.45) is 5.11. The Labute approximate surface area is 136 Å². The van der Waals surface area contributed by atoms with Gasteiger partial charge in [-0.25, -0.2) is 4.39 Å². The molecule has 1 aromatic heterocycles. The summed E-state index contributed by atoms with van der Waals surface area (Å²) in [7, 11) is 0. The molecule has 2 aromatic rings. The number of benzene rings is 1. The van der Waals surface area contributed by atoms with E-state index >= 15 is 0 Å². The minimum absolute atomic E-state index is 0.159. The zero-order valence-corrected chi connectivity index (χ0v) is 13.6. The number of para-hydroxylation sites is 1. The highest BCUT2D eigenvalue weighted by Crippen LogP contribution is 2.23. The highest BCUT2D eigenvalue weighted by atomic mass is 19.1. The highest BCUT2D eigenvalue weighted by Gasteiger charge is 2.16. The maximum absolute atomic E-state index is 13.8. The van der Waals surface area contributed by atoms with E-state index in [0.717, 1.165) is 30.6 Å². The Balaban J connectivity index is 1.62. The molecule has 23 heavy (non-hydrogen) atoms. The van der Waals surface area contributed by atoms with Crippen molar-refractivity contribution in [2.75, 3.05) is 26.2 Å². The molecule has 0 atom stereocenters. The number of hydrogen-bond acceptors (Lipinski definition) is 2. The topological polar surface area (TPSA) is 48.1 Å². The van der Waals surface area contributed by atoms with Crippen molar-refractivity contribution >= 4 is 16.8 Å². The van der Waals surface area contributed by atoms with Crippen LogP contribution in [0.2, 0.25) is 0 Å². The molecule has 1 fully saturated rings. The van der Waals surface area contributed by atoms with Crippen molar-refractivity contribution in [3.63, 3.8) is 0 Å². The second-order valence-corrected chi connectivity index (χ2v) is 6.30. The lowest BCUT2D eigenvalue weighted by molar-refractivity contribution is 0.0943. The number of aromatic amines is 1. The summed E-state index contributed by atoms with van der Waals surface area (Å²) in [5.41, 5.74) is 1.66. The minimum atomic E-state index is -0.325. The summed E-state index contributed by atoms with van der Waals surface area (Å²) < 4.78 is 13.8. The third kappa shape index (κ3) is 3.55. The van der Waals surface area contributed by atoms with E-state index in [4.69, 9.17) is 0 Å². The molecule has 0 bridgehead atoms. The molecule has 2 N–H and O–H groups in total. The molecule has 1 saturated heterocycles. The van der Waals surface area contributed by atoms with Crippen molar-refractivity contribution in [3.8, 4) is 0 Å². The van der Waals surface area contributed by atoms with Gasteiger partial charge in [0.05, 0.1) is 5.52 Å².